The Kier molecular flexibility index (Phi) is 5.67. The molecule has 0 saturated carbocycles. The minimum absolute atomic E-state index is 0.185. The van der Waals surface area contributed by atoms with Gasteiger partial charge in [-0.05, 0) is 59.5 Å². The van der Waals surface area contributed by atoms with Crippen LogP contribution in [0.3, 0.4) is 0 Å². The fourth-order valence-electron chi connectivity index (χ4n) is 4.06. The van der Waals surface area contributed by atoms with E-state index >= 15 is 0 Å². The predicted octanol–water partition coefficient (Wildman–Crippen LogP) is 5.98. The number of fused-ring (bicyclic) bond motifs is 1. The third kappa shape index (κ3) is 3.75. The maximum atomic E-state index is 13.5. The summed E-state index contributed by atoms with van der Waals surface area (Å²) in [6.45, 7) is 2.22. The number of amides is 1. The molecule has 0 aliphatic carbocycles. The van der Waals surface area contributed by atoms with Crippen molar-refractivity contribution in [2.24, 2.45) is 0 Å². The Balaban J connectivity index is 1.90. The highest BCUT2D eigenvalue weighted by atomic mass is 79.9. The fraction of sp³-hybridized carbons (Fsp3) is 0.167. The van der Waals surface area contributed by atoms with Crippen molar-refractivity contribution in [3.05, 3.63) is 104 Å². The molecule has 3 aromatic rings. The molecule has 1 aliphatic rings. The zero-order valence-electron chi connectivity index (χ0n) is 16.2. The van der Waals surface area contributed by atoms with Crippen LogP contribution in [0.15, 0.2) is 71.2 Å². The summed E-state index contributed by atoms with van der Waals surface area (Å²) in [6, 6.07) is 19.3. The van der Waals surface area contributed by atoms with Gasteiger partial charge < -0.3 is 10.0 Å². The molecule has 4 rings (SSSR count). The van der Waals surface area contributed by atoms with Crippen molar-refractivity contribution >= 4 is 39.4 Å². The van der Waals surface area contributed by atoms with Gasteiger partial charge in [-0.1, -0.05) is 63.9 Å². The van der Waals surface area contributed by atoms with Gasteiger partial charge in [0.1, 0.15) is 5.92 Å². The van der Waals surface area contributed by atoms with E-state index in [9.17, 15) is 14.7 Å². The van der Waals surface area contributed by atoms with Crippen LogP contribution in [0.4, 0.5) is 0 Å². The number of halogens is 2. The smallest absolute Gasteiger partial charge is 0.313 e. The van der Waals surface area contributed by atoms with Gasteiger partial charge in [0.2, 0.25) is 0 Å². The number of hydrogen-bond donors (Lipinski definition) is 1. The lowest BCUT2D eigenvalue weighted by Crippen LogP contribution is -2.44. The van der Waals surface area contributed by atoms with Gasteiger partial charge >= 0.3 is 5.97 Å². The molecular weight excluding hydrogens is 466 g/mol. The monoisotopic (exact) mass is 483 g/mol. The molecule has 2 atom stereocenters. The molecule has 3 aromatic carbocycles. The molecule has 1 heterocycles. The van der Waals surface area contributed by atoms with E-state index in [1.165, 1.54) is 0 Å². The molecule has 30 heavy (non-hydrogen) atoms. The second kappa shape index (κ2) is 8.25. The minimum atomic E-state index is -0.962. The second-order valence-electron chi connectivity index (χ2n) is 7.40. The Morgan fingerprint density at radius 2 is 1.80 bits per heavy atom. The molecule has 0 fully saturated rings. The SMILES string of the molecule is Cc1ccc(Cl)cc1CN1C(=O)c2ccccc2C(C(=O)O)C1c1ccc(Br)cc1. The summed E-state index contributed by atoms with van der Waals surface area (Å²) in [7, 11) is 0. The summed E-state index contributed by atoms with van der Waals surface area (Å²) in [5, 5.41) is 10.8. The lowest BCUT2D eigenvalue weighted by molar-refractivity contribution is -0.140. The van der Waals surface area contributed by atoms with Crippen molar-refractivity contribution in [2.45, 2.75) is 25.4 Å². The van der Waals surface area contributed by atoms with E-state index in [1.807, 2.05) is 43.3 Å². The Morgan fingerprint density at radius 3 is 2.50 bits per heavy atom. The number of benzene rings is 3. The minimum Gasteiger partial charge on any atom is -0.481 e. The molecule has 1 amide bonds. The first-order valence-corrected chi connectivity index (χ1v) is 10.7. The largest absolute Gasteiger partial charge is 0.481 e. The summed E-state index contributed by atoms with van der Waals surface area (Å²) in [5.41, 5.74) is 3.63. The first-order chi connectivity index (χ1) is 14.4. The van der Waals surface area contributed by atoms with Crippen molar-refractivity contribution < 1.29 is 14.7 Å². The van der Waals surface area contributed by atoms with E-state index in [1.54, 1.807) is 35.2 Å². The molecule has 0 spiro atoms. The average Bonchev–Trinajstić information content (AvgIpc) is 2.73. The van der Waals surface area contributed by atoms with Crippen LogP contribution in [0.1, 0.15) is 44.6 Å². The number of carboxylic acid groups (broad SMARTS) is 1. The molecule has 0 aromatic heterocycles. The highest BCUT2D eigenvalue weighted by Gasteiger charge is 2.44. The summed E-state index contributed by atoms with van der Waals surface area (Å²) >= 11 is 9.63. The van der Waals surface area contributed by atoms with Crippen LogP contribution in [-0.4, -0.2) is 21.9 Å². The molecule has 0 radical (unpaired) electrons. The normalized spacial score (nSPS) is 18.2. The quantitative estimate of drug-likeness (QED) is 0.496. The van der Waals surface area contributed by atoms with Crippen LogP contribution in [-0.2, 0) is 11.3 Å². The number of nitrogens with zero attached hydrogens (tertiary/aromatic N) is 1. The lowest BCUT2D eigenvalue weighted by Gasteiger charge is -2.41. The van der Waals surface area contributed by atoms with Crippen molar-refractivity contribution in [3.63, 3.8) is 0 Å². The number of carboxylic acids is 1. The molecule has 1 N–H and O–H groups in total. The Hall–Kier alpha value is -2.63. The van der Waals surface area contributed by atoms with Crippen LogP contribution < -0.4 is 0 Å². The average molecular weight is 485 g/mol. The molecule has 2 unspecified atom stereocenters. The first kappa shape index (κ1) is 20.6. The molecular formula is C24H19BrClNO3. The number of rotatable bonds is 4. The Bertz CT molecular complexity index is 1130. The van der Waals surface area contributed by atoms with Gasteiger partial charge in [-0.3, -0.25) is 9.59 Å². The standard InChI is InChI=1S/C24H19BrClNO3/c1-14-6-11-18(26)12-16(14)13-27-22(15-7-9-17(25)10-8-15)21(24(29)30)19-4-2-3-5-20(19)23(27)28/h2-12,21-22H,13H2,1H3,(H,29,30). The highest BCUT2D eigenvalue weighted by molar-refractivity contribution is 9.10. The van der Waals surface area contributed by atoms with Gasteiger partial charge in [-0.15, -0.1) is 0 Å². The number of carbonyl (C=O) groups is 2. The first-order valence-electron chi connectivity index (χ1n) is 9.50. The summed E-state index contributed by atoms with van der Waals surface area (Å²) in [5.74, 6) is -2.02. The van der Waals surface area contributed by atoms with Gasteiger partial charge in [0.25, 0.3) is 5.91 Å². The fourth-order valence-corrected chi connectivity index (χ4v) is 4.52. The van der Waals surface area contributed by atoms with Gasteiger partial charge in [0.15, 0.2) is 0 Å². The van der Waals surface area contributed by atoms with Crippen LogP contribution in [0.5, 0.6) is 0 Å². The van der Waals surface area contributed by atoms with Crippen LogP contribution in [0, 0.1) is 6.92 Å². The second-order valence-corrected chi connectivity index (χ2v) is 8.76. The van der Waals surface area contributed by atoms with Crippen molar-refractivity contribution in [1.29, 1.82) is 0 Å². The van der Waals surface area contributed by atoms with E-state index in [-0.39, 0.29) is 12.5 Å². The highest BCUT2D eigenvalue weighted by Crippen LogP contribution is 2.44. The maximum Gasteiger partial charge on any atom is 0.313 e. The third-order valence-electron chi connectivity index (χ3n) is 5.57. The Morgan fingerprint density at radius 1 is 1.10 bits per heavy atom. The van der Waals surface area contributed by atoms with Crippen molar-refractivity contribution in [1.82, 2.24) is 4.90 Å². The predicted molar refractivity (Wildman–Crippen MR) is 120 cm³/mol. The zero-order valence-corrected chi connectivity index (χ0v) is 18.5. The number of carbonyl (C=O) groups excluding carboxylic acids is 1. The lowest BCUT2D eigenvalue weighted by atomic mass is 9.79. The van der Waals surface area contributed by atoms with Crippen molar-refractivity contribution in [3.8, 4) is 0 Å². The molecule has 1 aliphatic heterocycles. The molecule has 152 valence electrons. The Labute approximate surface area is 188 Å². The van der Waals surface area contributed by atoms with E-state index in [0.29, 0.717) is 16.1 Å². The van der Waals surface area contributed by atoms with E-state index in [2.05, 4.69) is 15.9 Å². The van der Waals surface area contributed by atoms with Gasteiger partial charge in [0.05, 0.1) is 6.04 Å². The van der Waals surface area contributed by atoms with Crippen LogP contribution in [0.25, 0.3) is 0 Å². The maximum absolute atomic E-state index is 13.5. The molecule has 0 saturated heterocycles. The summed E-state index contributed by atoms with van der Waals surface area (Å²) in [4.78, 5) is 27.6. The number of aliphatic carboxylic acids is 1. The third-order valence-corrected chi connectivity index (χ3v) is 6.33. The van der Waals surface area contributed by atoms with Crippen molar-refractivity contribution in [2.75, 3.05) is 0 Å². The van der Waals surface area contributed by atoms with Crippen LogP contribution >= 0.6 is 27.5 Å². The topological polar surface area (TPSA) is 57.6 Å². The number of hydrogen-bond acceptors (Lipinski definition) is 2. The van der Waals surface area contributed by atoms with Gasteiger partial charge in [0, 0.05) is 21.6 Å². The van der Waals surface area contributed by atoms with E-state index in [4.69, 9.17) is 11.6 Å². The summed E-state index contributed by atoms with van der Waals surface area (Å²) < 4.78 is 0.887. The molecule has 4 nitrogen and oxygen atoms in total. The molecule has 6 heteroatoms. The zero-order chi connectivity index (χ0) is 21.4. The number of aryl methyl sites for hydroxylation is 1. The van der Waals surface area contributed by atoms with E-state index in [0.717, 1.165) is 21.2 Å². The van der Waals surface area contributed by atoms with E-state index < -0.39 is 17.9 Å². The van der Waals surface area contributed by atoms with Gasteiger partial charge in [-0.2, -0.15) is 0 Å². The van der Waals surface area contributed by atoms with Crippen LogP contribution in [0.2, 0.25) is 5.02 Å². The summed E-state index contributed by atoms with van der Waals surface area (Å²) in [6.07, 6.45) is 0. The molecule has 0 bridgehead atoms. The van der Waals surface area contributed by atoms with Gasteiger partial charge in [-0.25, -0.2) is 0 Å².